The number of hydrogen-bond donors (Lipinski definition) is 2. The number of pyridine rings is 1. The minimum Gasteiger partial charge on any atom is -0.391 e. The summed E-state index contributed by atoms with van der Waals surface area (Å²) in [6.07, 6.45) is 1.31. The summed E-state index contributed by atoms with van der Waals surface area (Å²) in [6, 6.07) is 6.78. The van der Waals surface area contributed by atoms with Crippen LogP contribution in [0.1, 0.15) is 20.3 Å². The molecule has 0 saturated carbocycles. The van der Waals surface area contributed by atoms with Crippen LogP contribution in [0.15, 0.2) is 35.4 Å². The Kier molecular flexibility index (Phi) is 5.39. The van der Waals surface area contributed by atoms with Crippen LogP contribution in [0.2, 0.25) is 0 Å². The fourth-order valence-corrected chi connectivity index (χ4v) is 4.51. The van der Waals surface area contributed by atoms with E-state index < -0.39 is 21.2 Å². The van der Waals surface area contributed by atoms with E-state index in [0.29, 0.717) is 18.6 Å². The van der Waals surface area contributed by atoms with Gasteiger partial charge in [-0.05, 0) is 38.1 Å². The van der Waals surface area contributed by atoms with Crippen molar-refractivity contribution in [3.05, 3.63) is 30.5 Å². The van der Waals surface area contributed by atoms with Gasteiger partial charge in [0.05, 0.1) is 21.8 Å². The van der Waals surface area contributed by atoms with E-state index in [1.165, 1.54) is 0 Å². The summed E-state index contributed by atoms with van der Waals surface area (Å²) in [7, 11) is -1.82. The Morgan fingerprint density at radius 3 is 2.74 bits per heavy atom. The van der Waals surface area contributed by atoms with Gasteiger partial charge in [-0.2, -0.15) is 0 Å². The van der Waals surface area contributed by atoms with E-state index in [1.54, 1.807) is 45.3 Å². The van der Waals surface area contributed by atoms with Crippen LogP contribution in [0.4, 0.5) is 5.69 Å². The van der Waals surface area contributed by atoms with Gasteiger partial charge in [0.15, 0.2) is 9.84 Å². The number of amides is 1. The number of β-amino-alcohol motifs (C(OH)–C–C–N with tert-alkyl or cyclic N) is 1. The number of nitrogens with zero attached hydrogens (tertiary/aromatic N) is 2. The molecule has 1 aromatic carbocycles. The lowest BCUT2D eigenvalue weighted by Crippen LogP contribution is -2.27. The normalized spacial score (nSPS) is 20.4. The third-order valence-corrected chi connectivity index (χ3v) is 7.26. The third-order valence-electron chi connectivity index (χ3n) is 5.11. The number of nitrogens with one attached hydrogen (secondary N) is 1. The van der Waals surface area contributed by atoms with Crippen LogP contribution in [0.3, 0.4) is 0 Å². The van der Waals surface area contributed by atoms with E-state index in [-0.39, 0.29) is 23.1 Å². The van der Waals surface area contributed by atoms with E-state index in [0.717, 1.165) is 11.1 Å². The molecule has 1 saturated heterocycles. The zero-order chi connectivity index (χ0) is 19.8. The van der Waals surface area contributed by atoms with Crippen molar-refractivity contribution in [2.75, 3.05) is 25.0 Å². The molecule has 3 rings (SSSR count). The lowest BCUT2D eigenvalue weighted by molar-refractivity contribution is -0.122. The molecule has 1 aliphatic rings. The van der Waals surface area contributed by atoms with Crippen molar-refractivity contribution in [3.63, 3.8) is 0 Å². The number of aliphatic hydroxyl groups excluding tert-OH is 1. The molecule has 1 fully saturated rings. The molecular formula is C19H25N3O4S. The summed E-state index contributed by atoms with van der Waals surface area (Å²) >= 11 is 0. The van der Waals surface area contributed by atoms with E-state index in [9.17, 15) is 18.3 Å². The molecule has 0 aliphatic carbocycles. The molecule has 27 heavy (non-hydrogen) atoms. The third kappa shape index (κ3) is 3.77. The summed E-state index contributed by atoms with van der Waals surface area (Å²) in [4.78, 5) is 18.3. The minimum atomic E-state index is -3.40. The second-order valence-corrected chi connectivity index (χ2v) is 9.72. The second kappa shape index (κ2) is 7.44. The quantitative estimate of drug-likeness (QED) is 0.798. The number of fused-ring (bicyclic) bond motifs is 1. The standard InChI is InChI=1S/C19H25N3O4S/c1-12(2)27(25,26)14-4-5-16-15(9-14)17(6-7-21-16)22-10-13(18(23)11-22)8-19(24)20-3/h4-7,9,12-13,18,23H,8,10-11H2,1-3H3,(H,20,24)/t13-,18-/m1/s1. The molecule has 0 radical (unpaired) electrons. The van der Waals surface area contributed by atoms with Crippen LogP contribution in [0.25, 0.3) is 10.9 Å². The Bertz CT molecular complexity index is 959. The van der Waals surface area contributed by atoms with Crippen molar-refractivity contribution < 1.29 is 18.3 Å². The molecule has 2 atom stereocenters. The number of aliphatic hydroxyl groups is 1. The summed E-state index contributed by atoms with van der Waals surface area (Å²) in [5.41, 5.74) is 1.51. The first-order valence-corrected chi connectivity index (χ1v) is 10.5. The average molecular weight is 391 g/mol. The number of carbonyl (C=O) groups excluding carboxylic acids is 1. The number of carbonyl (C=O) groups is 1. The first kappa shape index (κ1) is 19.6. The Morgan fingerprint density at radius 1 is 1.33 bits per heavy atom. The zero-order valence-corrected chi connectivity index (χ0v) is 16.5. The van der Waals surface area contributed by atoms with Gasteiger partial charge in [0, 0.05) is 49.7 Å². The lowest BCUT2D eigenvalue weighted by atomic mass is 10.0. The number of benzene rings is 1. The predicted octanol–water partition coefficient (Wildman–Crippen LogP) is 1.35. The second-order valence-electron chi connectivity index (χ2n) is 7.21. The van der Waals surface area contributed by atoms with Gasteiger partial charge >= 0.3 is 0 Å². The van der Waals surface area contributed by atoms with Gasteiger partial charge in [0.25, 0.3) is 0 Å². The molecule has 1 aromatic heterocycles. The monoisotopic (exact) mass is 391 g/mol. The highest BCUT2D eigenvalue weighted by Gasteiger charge is 2.33. The molecule has 2 heterocycles. The lowest BCUT2D eigenvalue weighted by Gasteiger charge is -2.20. The van der Waals surface area contributed by atoms with Crippen LogP contribution < -0.4 is 10.2 Å². The number of sulfone groups is 1. The smallest absolute Gasteiger partial charge is 0.220 e. The minimum absolute atomic E-state index is 0.106. The van der Waals surface area contributed by atoms with Crippen molar-refractivity contribution in [1.29, 1.82) is 0 Å². The van der Waals surface area contributed by atoms with Gasteiger partial charge < -0.3 is 15.3 Å². The maximum atomic E-state index is 12.5. The topological polar surface area (TPSA) is 99.6 Å². The number of aromatic nitrogens is 1. The Hall–Kier alpha value is -2.19. The average Bonchev–Trinajstić information content (AvgIpc) is 3.00. The van der Waals surface area contributed by atoms with E-state index in [4.69, 9.17) is 0 Å². The van der Waals surface area contributed by atoms with Crippen LogP contribution in [0, 0.1) is 5.92 Å². The van der Waals surface area contributed by atoms with E-state index in [2.05, 4.69) is 10.3 Å². The highest BCUT2D eigenvalue weighted by Crippen LogP contribution is 2.33. The van der Waals surface area contributed by atoms with Crippen LogP contribution in [-0.4, -0.2) is 55.9 Å². The van der Waals surface area contributed by atoms with Crippen molar-refractivity contribution >= 4 is 32.3 Å². The molecule has 8 heteroatoms. The molecule has 0 unspecified atom stereocenters. The van der Waals surface area contributed by atoms with Gasteiger partial charge in [0.2, 0.25) is 5.91 Å². The van der Waals surface area contributed by atoms with E-state index >= 15 is 0 Å². The molecule has 2 N–H and O–H groups in total. The van der Waals surface area contributed by atoms with Crippen LogP contribution >= 0.6 is 0 Å². The van der Waals surface area contributed by atoms with Crippen molar-refractivity contribution in [2.45, 2.75) is 36.5 Å². The SMILES string of the molecule is CNC(=O)C[C@@H]1CN(c2ccnc3ccc(S(=O)(=O)C(C)C)cc23)C[C@H]1O. The molecule has 0 bridgehead atoms. The molecule has 1 amide bonds. The van der Waals surface area contributed by atoms with Gasteiger partial charge in [-0.3, -0.25) is 9.78 Å². The highest BCUT2D eigenvalue weighted by atomic mass is 32.2. The maximum absolute atomic E-state index is 12.5. The number of hydrogen-bond acceptors (Lipinski definition) is 6. The molecule has 0 spiro atoms. The predicted molar refractivity (Wildman–Crippen MR) is 104 cm³/mol. The summed E-state index contributed by atoms with van der Waals surface area (Å²) in [5, 5.41) is 13.2. The molecule has 1 aliphatic heterocycles. The molecule has 146 valence electrons. The molecule has 7 nitrogen and oxygen atoms in total. The van der Waals surface area contributed by atoms with Crippen LogP contribution in [-0.2, 0) is 14.6 Å². The molecule has 2 aromatic rings. The van der Waals surface area contributed by atoms with Crippen LogP contribution in [0.5, 0.6) is 0 Å². The Balaban J connectivity index is 1.99. The van der Waals surface area contributed by atoms with Gasteiger partial charge in [0.1, 0.15) is 0 Å². The molecular weight excluding hydrogens is 366 g/mol. The van der Waals surface area contributed by atoms with Crippen molar-refractivity contribution in [3.8, 4) is 0 Å². The van der Waals surface area contributed by atoms with Crippen molar-refractivity contribution in [2.24, 2.45) is 5.92 Å². The highest BCUT2D eigenvalue weighted by molar-refractivity contribution is 7.92. The first-order chi connectivity index (χ1) is 12.7. The zero-order valence-electron chi connectivity index (χ0n) is 15.7. The summed E-state index contributed by atoms with van der Waals surface area (Å²) in [5.74, 6) is -0.276. The van der Waals surface area contributed by atoms with Gasteiger partial charge in [-0.25, -0.2) is 8.42 Å². The van der Waals surface area contributed by atoms with Gasteiger partial charge in [-0.1, -0.05) is 0 Å². The largest absolute Gasteiger partial charge is 0.391 e. The van der Waals surface area contributed by atoms with Crippen molar-refractivity contribution in [1.82, 2.24) is 10.3 Å². The maximum Gasteiger partial charge on any atom is 0.220 e. The fraction of sp³-hybridized carbons (Fsp3) is 0.474. The van der Waals surface area contributed by atoms with E-state index in [1.807, 2.05) is 11.0 Å². The number of rotatable bonds is 5. The first-order valence-electron chi connectivity index (χ1n) is 9.00. The Morgan fingerprint density at radius 2 is 2.07 bits per heavy atom. The summed E-state index contributed by atoms with van der Waals surface area (Å²) < 4.78 is 25.1. The Labute approximate surface area is 159 Å². The van der Waals surface area contributed by atoms with Gasteiger partial charge in [-0.15, -0.1) is 0 Å². The summed E-state index contributed by atoms with van der Waals surface area (Å²) in [6.45, 7) is 4.23. The fourth-order valence-electron chi connectivity index (χ4n) is 3.43. The number of anilines is 1.